The first-order valence-electron chi connectivity index (χ1n) is 15.9. The van der Waals surface area contributed by atoms with Crippen molar-refractivity contribution in [3.63, 3.8) is 0 Å². The molecule has 9 aromatic rings. The van der Waals surface area contributed by atoms with Crippen molar-refractivity contribution in [3.05, 3.63) is 169 Å². The second-order valence-corrected chi connectivity index (χ2v) is 12.0. The average Bonchev–Trinajstić information content (AvgIpc) is 3.68. The molecule has 0 aliphatic carbocycles. The number of aromatic nitrogens is 2. The maximum atomic E-state index is 10.3. The zero-order valence-electron chi connectivity index (χ0n) is 25.8. The molecule has 4 heteroatoms. The van der Waals surface area contributed by atoms with Crippen molar-refractivity contribution in [2.24, 2.45) is 0 Å². The molecule has 0 spiro atoms. The molecule has 48 heavy (non-hydrogen) atoms. The Bertz CT molecular complexity index is 2750. The summed E-state index contributed by atoms with van der Waals surface area (Å²) in [4.78, 5) is 0. The molecular weight excluding hydrogens is 585 g/mol. The first kappa shape index (κ1) is 27.4. The zero-order valence-corrected chi connectivity index (χ0v) is 25.8. The maximum Gasteiger partial charge on any atom is 0.101 e. The molecule has 4 nitrogen and oxygen atoms in total. The maximum absolute atomic E-state index is 10.3. The number of fused-ring (bicyclic) bond motifs is 6. The molecule has 7 aromatic carbocycles. The zero-order chi connectivity index (χ0) is 32.2. The van der Waals surface area contributed by atoms with Gasteiger partial charge < -0.3 is 9.13 Å². The van der Waals surface area contributed by atoms with Crippen LogP contribution in [0, 0.1) is 22.7 Å². The minimum Gasteiger partial charge on any atom is -0.308 e. The SMILES string of the molecule is N#Cc1cccc(-c2ccc(-c3cccc(-n4c5ccccc5c5cccc(C#N)c54)c3)cc2)c1-n1c2ccccc2c2ccccc21. The van der Waals surface area contributed by atoms with E-state index in [9.17, 15) is 10.5 Å². The molecule has 0 radical (unpaired) electrons. The first-order chi connectivity index (χ1) is 23.7. The molecule has 0 atom stereocenters. The molecular formula is C44H26N4. The fourth-order valence-corrected chi connectivity index (χ4v) is 7.31. The van der Waals surface area contributed by atoms with Gasteiger partial charge in [-0.1, -0.05) is 115 Å². The molecule has 0 saturated heterocycles. The van der Waals surface area contributed by atoms with Gasteiger partial charge in [-0.25, -0.2) is 0 Å². The molecule has 2 aromatic heterocycles. The summed E-state index contributed by atoms with van der Waals surface area (Å²) in [6.07, 6.45) is 0. The van der Waals surface area contributed by atoms with E-state index in [1.165, 1.54) is 0 Å². The van der Waals surface area contributed by atoms with E-state index in [1.54, 1.807) is 0 Å². The molecule has 0 unspecified atom stereocenters. The first-order valence-corrected chi connectivity index (χ1v) is 15.9. The topological polar surface area (TPSA) is 57.4 Å². The van der Waals surface area contributed by atoms with Gasteiger partial charge in [0.05, 0.1) is 38.9 Å². The van der Waals surface area contributed by atoms with Crippen LogP contribution < -0.4 is 0 Å². The van der Waals surface area contributed by atoms with Gasteiger partial charge in [-0.2, -0.15) is 10.5 Å². The summed E-state index contributed by atoms with van der Waals surface area (Å²) in [7, 11) is 0. The number of hydrogen-bond acceptors (Lipinski definition) is 2. The van der Waals surface area contributed by atoms with Crippen LogP contribution in [0.1, 0.15) is 11.1 Å². The third-order valence-electron chi connectivity index (χ3n) is 9.41. The Hall–Kier alpha value is -6.88. The van der Waals surface area contributed by atoms with Gasteiger partial charge in [-0.05, 0) is 59.2 Å². The quantitative estimate of drug-likeness (QED) is 0.199. The van der Waals surface area contributed by atoms with E-state index < -0.39 is 0 Å². The Labute approximate surface area is 277 Å². The van der Waals surface area contributed by atoms with Crippen LogP contribution in [0.25, 0.3) is 77.2 Å². The van der Waals surface area contributed by atoms with Gasteiger partial charge in [-0.15, -0.1) is 0 Å². The molecule has 0 aliphatic heterocycles. The summed E-state index contributed by atoms with van der Waals surface area (Å²) in [5, 5.41) is 24.8. The second-order valence-electron chi connectivity index (χ2n) is 12.0. The monoisotopic (exact) mass is 610 g/mol. The van der Waals surface area contributed by atoms with Crippen LogP contribution in [-0.2, 0) is 0 Å². The van der Waals surface area contributed by atoms with E-state index in [-0.39, 0.29) is 0 Å². The highest BCUT2D eigenvalue weighted by molar-refractivity contribution is 6.11. The Morgan fingerprint density at radius 3 is 1.58 bits per heavy atom. The van der Waals surface area contributed by atoms with E-state index >= 15 is 0 Å². The van der Waals surface area contributed by atoms with Crippen molar-refractivity contribution in [1.82, 2.24) is 9.13 Å². The third-order valence-corrected chi connectivity index (χ3v) is 9.41. The summed E-state index contributed by atoms with van der Waals surface area (Å²) >= 11 is 0. The summed E-state index contributed by atoms with van der Waals surface area (Å²) in [5.41, 5.74) is 11.5. The largest absolute Gasteiger partial charge is 0.308 e. The van der Waals surface area contributed by atoms with Crippen molar-refractivity contribution in [2.75, 3.05) is 0 Å². The van der Waals surface area contributed by atoms with Crippen LogP contribution in [0.5, 0.6) is 0 Å². The molecule has 0 fully saturated rings. The van der Waals surface area contributed by atoms with Crippen molar-refractivity contribution < 1.29 is 0 Å². The van der Waals surface area contributed by atoms with Crippen molar-refractivity contribution in [1.29, 1.82) is 10.5 Å². The lowest BCUT2D eigenvalue weighted by atomic mass is 9.97. The highest BCUT2D eigenvalue weighted by Gasteiger charge is 2.19. The highest BCUT2D eigenvalue weighted by Crippen LogP contribution is 2.39. The van der Waals surface area contributed by atoms with Crippen LogP contribution >= 0.6 is 0 Å². The van der Waals surface area contributed by atoms with Crippen LogP contribution in [0.4, 0.5) is 0 Å². The van der Waals surface area contributed by atoms with E-state index in [0.717, 1.165) is 77.2 Å². The Morgan fingerprint density at radius 2 is 0.917 bits per heavy atom. The second kappa shape index (κ2) is 10.9. The fourth-order valence-electron chi connectivity index (χ4n) is 7.31. The predicted octanol–water partition coefficient (Wildman–Crippen LogP) is 11.0. The third kappa shape index (κ3) is 4.07. The van der Waals surface area contributed by atoms with Crippen LogP contribution in [0.15, 0.2) is 158 Å². The summed E-state index contributed by atoms with van der Waals surface area (Å²) in [6, 6.07) is 58.9. The average molecular weight is 611 g/mol. The number of benzene rings is 7. The van der Waals surface area contributed by atoms with Gasteiger partial charge in [-0.3, -0.25) is 0 Å². The highest BCUT2D eigenvalue weighted by atomic mass is 15.0. The standard InChI is InChI=1S/C44H26N4/c45-27-32-11-8-17-35(43(32)48-41-20-5-1-14-36(41)37-15-2-6-21-42(37)48)30-24-22-29(23-25-30)31-10-7-13-34(26-31)47-40-19-4-3-16-38(40)39-18-9-12-33(28-46)44(39)47/h1-26H. The van der Waals surface area contributed by atoms with Crippen molar-refractivity contribution in [2.45, 2.75) is 0 Å². The van der Waals surface area contributed by atoms with Crippen molar-refractivity contribution >= 4 is 43.6 Å². The van der Waals surface area contributed by atoms with Gasteiger partial charge in [0.2, 0.25) is 0 Å². The lowest BCUT2D eigenvalue weighted by Gasteiger charge is -2.16. The van der Waals surface area contributed by atoms with E-state index in [4.69, 9.17) is 0 Å². The van der Waals surface area contributed by atoms with Crippen LogP contribution in [-0.4, -0.2) is 9.13 Å². The molecule has 9 rings (SSSR count). The molecule has 0 bridgehead atoms. The van der Waals surface area contributed by atoms with E-state index in [2.05, 4.69) is 143 Å². The van der Waals surface area contributed by atoms with Gasteiger partial charge in [0.15, 0.2) is 0 Å². The molecule has 0 aliphatic rings. The molecule has 0 N–H and O–H groups in total. The van der Waals surface area contributed by atoms with E-state index in [1.807, 2.05) is 36.4 Å². The van der Waals surface area contributed by atoms with Gasteiger partial charge in [0, 0.05) is 32.8 Å². The lowest BCUT2D eigenvalue weighted by Crippen LogP contribution is -2.00. The Morgan fingerprint density at radius 1 is 0.396 bits per heavy atom. The summed E-state index contributed by atoms with van der Waals surface area (Å²) < 4.78 is 4.43. The summed E-state index contributed by atoms with van der Waals surface area (Å²) in [5.74, 6) is 0. The number of rotatable bonds is 4. The Balaban J connectivity index is 1.18. The number of nitriles is 2. The summed E-state index contributed by atoms with van der Waals surface area (Å²) in [6.45, 7) is 0. The van der Waals surface area contributed by atoms with Gasteiger partial charge in [0.25, 0.3) is 0 Å². The normalized spacial score (nSPS) is 11.3. The number of hydrogen-bond donors (Lipinski definition) is 0. The van der Waals surface area contributed by atoms with Crippen LogP contribution in [0.3, 0.4) is 0 Å². The number of nitrogens with zero attached hydrogens (tertiary/aromatic N) is 4. The Kier molecular flexibility index (Phi) is 6.22. The van der Waals surface area contributed by atoms with E-state index in [0.29, 0.717) is 11.1 Å². The molecule has 2 heterocycles. The van der Waals surface area contributed by atoms with Crippen LogP contribution in [0.2, 0.25) is 0 Å². The van der Waals surface area contributed by atoms with Crippen molar-refractivity contribution in [3.8, 4) is 45.8 Å². The molecule has 222 valence electrons. The predicted molar refractivity (Wildman–Crippen MR) is 195 cm³/mol. The van der Waals surface area contributed by atoms with Gasteiger partial charge in [0.1, 0.15) is 12.1 Å². The minimum absolute atomic E-state index is 0.624. The fraction of sp³-hybridized carbons (Fsp3) is 0. The van der Waals surface area contributed by atoms with Gasteiger partial charge >= 0.3 is 0 Å². The lowest BCUT2D eigenvalue weighted by molar-refractivity contribution is 1.17. The molecule has 0 saturated carbocycles. The minimum atomic E-state index is 0.624. The number of para-hydroxylation sites is 5. The smallest absolute Gasteiger partial charge is 0.101 e. The molecule has 0 amide bonds.